The third kappa shape index (κ3) is 3.61. The second-order valence-corrected chi connectivity index (χ2v) is 5.89. The van der Waals surface area contributed by atoms with Crippen molar-refractivity contribution in [3.05, 3.63) is 63.5 Å². The van der Waals surface area contributed by atoms with Gasteiger partial charge in [0.25, 0.3) is 5.69 Å². The number of fused-ring (bicyclic) bond motifs is 1. The Morgan fingerprint density at radius 3 is 2.69 bits per heavy atom. The molecule has 136 valence electrons. The Morgan fingerprint density at radius 1 is 1.19 bits per heavy atom. The molecule has 0 saturated carbocycles. The minimum Gasteiger partial charge on any atom is -0.360 e. The Kier molecular flexibility index (Phi) is 4.79. The van der Waals surface area contributed by atoms with Crippen LogP contribution in [0.25, 0.3) is 0 Å². The fourth-order valence-electron chi connectivity index (χ4n) is 3.02. The molecule has 3 rings (SSSR count). The number of nitrogens with one attached hydrogen (secondary N) is 1. The number of carbonyl (C=O) groups excluding carboxylic acids is 1. The van der Waals surface area contributed by atoms with Gasteiger partial charge in [0, 0.05) is 12.6 Å². The van der Waals surface area contributed by atoms with Crippen molar-refractivity contribution in [2.45, 2.75) is 12.8 Å². The molecule has 1 heterocycles. The Balaban J connectivity index is 1.80. The van der Waals surface area contributed by atoms with E-state index in [0.717, 1.165) is 18.2 Å². The number of hydrogen-bond donors (Lipinski definition) is 1. The molecule has 0 bridgehead atoms. The lowest BCUT2D eigenvalue weighted by Gasteiger charge is -2.31. The maximum Gasteiger partial charge on any atom is 0.295 e. The van der Waals surface area contributed by atoms with Gasteiger partial charge < -0.3 is 10.2 Å². The van der Waals surface area contributed by atoms with Crippen LogP contribution in [0.2, 0.25) is 0 Å². The Labute approximate surface area is 146 Å². The van der Waals surface area contributed by atoms with Gasteiger partial charge in [0.05, 0.1) is 23.2 Å². The molecule has 0 fully saturated rings. The summed E-state index contributed by atoms with van der Waals surface area (Å²) in [4.78, 5) is 23.9. The van der Waals surface area contributed by atoms with Gasteiger partial charge in [-0.15, -0.1) is 0 Å². The van der Waals surface area contributed by atoms with Gasteiger partial charge >= 0.3 is 0 Å². The van der Waals surface area contributed by atoms with Crippen LogP contribution in [0, 0.1) is 27.6 Å². The number of anilines is 2. The molecule has 1 N–H and O–H groups in total. The SMILES string of the molecule is O=C(CN1CCCc2cc(F)cc(F)c21)Nc1ccc(F)cc1[N+](=O)[O-]. The van der Waals surface area contributed by atoms with Gasteiger partial charge in [0.2, 0.25) is 5.91 Å². The normalized spacial score (nSPS) is 13.3. The number of benzene rings is 2. The van der Waals surface area contributed by atoms with E-state index in [4.69, 9.17) is 0 Å². The second-order valence-electron chi connectivity index (χ2n) is 5.89. The third-order valence-corrected chi connectivity index (χ3v) is 4.06. The molecule has 0 aromatic heterocycles. The summed E-state index contributed by atoms with van der Waals surface area (Å²) in [5, 5.41) is 13.3. The lowest BCUT2D eigenvalue weighted by atomic mass is 10.0. The minimum atomic E-state index is -0.808. The first-order chi connectivity index (χ1) is 12.3. The minimum absolute atomic E-state index is 0.154. The maximum absolute atomic E-state index is 14.1. The third-order valence-electron chi connectivity index (χ3n) is 4.06. The summed E-state index contributed by atoms with van der Waals surface area (Å²) in [6.45, 7) is 0.110. The number of amides is 1. The lowest BCUT2D eigenvalue weighted by molar-refractivity contribution is -0.384. The van der Waals surface area contributed by atoms with E-state index in [1.165, 1.54) is 11.0 Å². The average molecular weight is 365 g/mol. The highest BCUT2D eigenvalue weighted by molar-refractivity contribution is 5.96. The summed E-state index contributed by atoms with van der Waals surface area (Å²) in [7, 11) is 0. The van der Waals surface area contributed by atoms with Gasteiger partial charge in [-0.3, -0.25) is 14.9 Å². The molecule has 9 heteroatoms. The van der Waals surface area contributed by atoms with E-state index in [1.54, 1.807) is 0 Å². The Morgan fingerprint density at radius 2 is 1.96 bits per heavy atom. The number of nitro groups is 1. The van der Waals surface area contributed by atoms with Crippen molar-refractivity contribution >= 4 is 23.0 Å². The molecule has 2 aromatic carbocycles. The van der Waals surface area contributed by atoms with Gasteiger partial charge in [0.1, 0.15) is 23.1 Å². The van der Waals surface area contributed by atoms with Crippen molar-refractivity contribution in [1.29, 1.82) is 0 Å². The topological polar surface area (TPSA) is 75.5 Å². The van der Waals surface area contributed by atoms with Crippen LogP contribution in [-0.2, 0) is 11.2 Å². The maximum atomic E-state index is 14.1. The van der Waals surface area contributed by atoms with E-state index in [0.29, 0.717) is 31.0 Å². The van der Waals surface area contributed by atoms with Crippen molar-refractivity contribution in [3.8, 4) is 0 Å². The number of rotatable bonds is 4. The molecule has 1 aliphatic heterocycles. The molecule has 0 aliphatic carbocycles. The van der Waals surface area contributed by atoms with Crippen molar-refractivity contribution in [2.75, 3.05) is 23.3 Å². The second kappa shape index (κ2) is 7.03. The summed E-state index contributed by atoms with van der Waals surface area (Å²) >= 11 is 0. The molecule has 6 nitrogen and oxygen atoms in total. The van der Waals surface area contributed by atoms with Crippen molar-refractivity contribution in [2.24, 2.45) is 0 Å². The highest BCUT2D eigenvalue weighted by Gasteiger charge is 2.25. The first-order valence-corrected chi connectivity index (χ1v) is 7.82. The Hall–Kier alpha value is -3.10. The van der Waals surface area contributed by atoms with Gasteiger partial charge in [-0.25, -0.2) is 13.2 Å². The van der Waals surface area contributed by atoms with E-state index in [9.17, 15) is 28.1 Å². The predicted octanol–water partition coefficient (Wildman–Crippen LogP) is 3.40. The van der Waals surface area contributed by atoms with Crippen LogP contribution >= 0.6 is 0 Å². The first kappa shape index (κ1) is 17.7. The van der Waals surface area contributed by atoms with Crippen molar-refractivity contribution < 1.29 is 22.9 Å². The van der Waals surface area contributed by atoms with E-state index in [1.807, 2.05) is 0 Å². The van der Waals surface area contributed by atoms with Crippen molar-refractivity contribution in [3.63, 3.8) is 0 Å². The van der Waals surface area contributed by atoms with E-state index in [-0.39, 0.29) is 17.9 Å². The van der Waals surface area contributed by atoms with Crippen LogP contribution in [0.15, 0.2) is 30.3 Å². The summed E-state index contributed by atoms with van der Waals surface area (Å²) in [5.41, 5.74) is -0.112. The number of nitro benzene ring substituents is 1. The molecule has 0 unspecified atom stereocenters. The monoisotopic (exact) mass is 365 g/mol. The van der Waals surface area contributed by atoms with Crippen LogP contribution in [0.3, 0.4) is 0 Å². The average Bonchev–Trinajstić information content (AvgIpc) is 2.55. The fourth-order valence-corrected chi connectivity index (χ4v) is 3.02. The number of carbonyl (C=O) groups is 1. The van der Waals surface area contributed by atoms with Gasteiger partial charge in [0.15, 0.2) is 0 Å². The molecule has 0 saturated heterocycles. The van der Waals surface area contributed by atoms with Gasteiger partial charge in [-0.1, -0.05) is 0 Å². The smallest absolute Gasteiger partial charge is 0.295 e. The molecule has 1 aliphatic rings. The zero-order valence-electron chi connectivity index (χ0n) is 13.5. The summed E-state index contributed by atoms with van der Waals surface area (Å²) in [6, 6.07) is 4.76. The molecule has 2 aromatic rings. The summed E-state index contributed by atoms with van der Waals surface area (Å²) in [5.74, 6) is -2.88. The molecular formula is C17H14F3N3O3. The predicted molar refractivity (Wildman–Crippen MR) is 88.6 cm³/mol. The van der Waals surface area contributed by atoms with Crippen LogP contribution in [-0.4, -0.2) is 23.9 Å². The Bertz CT molecular complexity index is 889. The quantitative estimate of drug-likeness (QED) is 0.666. The lowest BCUT2D eigenvalue weighted by Crippen LogP contribution is -2.37. The summed E-state index contributed by atoms with van der Waals surface area (Å²) < 4.78 is 40.6. The van der Waals surface area contributed by atoms with Crippen molar-refractivity contribution in [1.82, 2.24) is 0 Å². The number of aryl methyl sites for hydroxylation is 1. The molecule has 0 radical (unpaired) electrons. The van der Waals surface area contributed by atoms with E-state index in [2.05, 4.69) is 5.32 Å². The molecule has 26 heavy (non-hydrogen) atoms. The van der Waals surface area contributed by atoms with E-state index >= 15 is 0 Å². The highest BCUT2D eigenvalue weighted by Crippen LogP contribution is 2.31. The van der Waals surface area contributed by atoms with Gasteiger partial charge in [-0.05, 0) is 36.6 Å². The number of hydrogen-bond acceptors (Lipinski definition) is 4. The zero-order valence-corrected chi connectivity index (χ0v) is 13.5. The zero-order chi connectivity index (χ0) is 18.8. The van der Waals surface area contributed by atoms with Gasteiger partial charge in [-0.2, -0.15) is 0 Å². The summed E-state index contributed by atoms with van der Waals surface area (Å²) in [6.07, 6.45) is 1.10. The number of halogens is 3. The van der Waals surface area contributed by atoms with Crippen LogP contribution < -0.4 is 10.2 Å². The van der Waals surface area contributed by atoms with Crippen LogP contribution in [0.4, 0.5) is 30.2 Å². The highest BCUT2D eigenvalue weighted by atomic mass is 19.1. The molecule has 0 spiro atoms. The van der Waals surface area contributed by atoms with E-state index < -0.39 is 34.0 Å². The van der Waals surface area contributed by atoms with Crippen LogP contribution in [0.5, 0.6) is 0 Å². The largest absolute Gasteiger partial charge is 0.360 e. The fraction of sp³-hybridized carbons (Fsp3) is 0.235. The van der Waals surface area contributed by atoms with Crippen LogP contribution in [0.1, 0.15) is 12.0 Å². The first-order valence-electron chi connectivity index (χ1n) is 7.82. The molecular weight excluding hydrogens is 351 g/mol. The molecule has 1 amide bonds. The standard InChI is InChI=1S/C17H14F3N3O3/c18-11-3-4-14(15(8-11)23(25)26)21-16(24)9-22-5-1-2-10-6-12(19)7-13(20)17(10)22/h3-4,6-8H,1-2,5,9H2,(H,21,24). The number of nitrogens with zero attached hydrogens (tertiary/aromatic N) is 2. The molecule has 0 atom stereocenters.